The minimum atomic E-state index is -0.155. The summed E-state index contributed by atoms with van der Waals surface area (Å²) in [6.07, 6.45) is 4.43. The molecule has 2 aliphatic heterocycles. The fourth-order valence-corrected chi connectivity index (χ4v) is 4.66. The number of ether oxygens (including phenoxy) is 2. The molecule has 146 valence electrons. The van der Waals surface area contributed by atoms with E-state index in [4.69, 9.17) is 9.47 Å². The molecule has 0 spiro atoms. The number of nitrogens with zero attached hydrogens (tertiary/aromatic N) is 2. The van der Waals surface area contributed by atoms with Crippen LogP contribution in [0.15, 0.2) is 22.5 Å². The second kappa shape index (κ2) is 9.69. The van der Waals surface area contributed by atoms with Crippen LogP contribution in [0.25, 0.3) is 0 Å². The number of rotatable bonds is 7. The van der Waals surface area contributed by atoms with Crippen molar-refractivity contribution in [3.8, 4) is 0 Å². The lowest BCUT2D eigenvalue weighted by Gasteiger charge is -2.36. The third kappa shape index (κ3) is 4.97. The first-order valence-electron chi connectivity index (χ1n) is 9.61. The van der Waals surface area contributed by atoms with Gasteiger partial charge < -0.3 is 20.1 Å². The minimum absolute atomic E-state index is 0.155. The minimum Gasteiger partial charge on any atom is -0.381 e. The quantitative estimate of drug-likeness (QED) is 0.561. The molecule has 0 bridgehead atoms. The molecule has 3 rings (SSSR count). The lowest BCUT2D eigenvalue weighted by Crippen LogP contribution is -2.51. The van der Waals surface area contributed by atoms with Crippen molar-refractivity contribution in [2.45, 2.75) is 37.3 Å². The van der Waals surface area contributed by atoms with Gasteiger partial charge in [-0.1, -0.05) is 6.07 Å². The second-order valence-corrected chi connectivity index (χ2v) is 8.06. The molecule has 2 saturated heterocycles. The van der Waals surface area contributed by atoms with Crippen molar-refractivity contribution < 1.29 is 9.47 Å². The van der Waals surface area contributed by atoms with E-state index in [2.05, 4.69) is 38.0 Å². The average Bonchev–Trinajstić information content (AvgIpc) is 3.40. The van der Waals surface area contributed by atoms with E-state index in [-0.39, 0.29) is 5.60 Å². The zero-order valence-corrected chi connectivity index (χ0v) is 16.8. The molecule has 0 radical (unpaired) electrons. The van der Waals surface area contributed by atoms with Crippen molar-refractivity contribution in [3.05, 3.63) is 22.4 Å². The summed E-state index contributed by atoms with van der Waals surface area (Å²) in [5.41, 5.74) is -0.155. The van der Waals surface area contributed by atoms with E-state index >= 15 is 0 Å². The van der Waals surface area contributed by atoms with E-state index in [1.807, 2.05) is 18.4 Å². The Morgan fingerprint density at radius 2 is 2.12 bits per heavy atom. The molecule has 3 heterocycles. The molecule has 0 saturated carbocycles. The predicted octanol–water partition coefficient (Wildman–Crippen LogP) is 2.25. The first-order chi connectivity index (χ1) is 12.8. The van der Waals surface area contributed by atoms with E-state index in [1.165, 1.54) is 30.8 Å². The van der Waals surface area contributed by atoms with Crippen LogP contribution in [0.3, 0.4) is 0 Å². The first-order valence-corrected chi connectivity index (χ1v) is 10.5. The van der Waals surface area contributed by atoms with Crippen LogP contribution in [0.2, 0.25) is 0 Å². The SMILES string of the molecule is CN=C(NCC(c1cccs1)N1CCCC1)NCC1(OC)CCOCC1. The van der Waals surface area contributed by atoms with Gasteiger partial charge in [0.15, 0.2) is 5.96 Å². The number of nitrogens with one attached hydrogen (secondary N) is 2. The van der Waals surface area contributed by atoms with Crippen molar-refractivity contribution in [1.82, 2.24) is 15.5 Å². The maximum absolute atomic E-state index is 5.81. The zero-order valence-electron chi connectivity index (χ0n) is 16.0. The van der Waals surface area contributed by atoms with Crippen molar-refractivity contribution >= 4 is 17.3 Å². The third-order valence-corrected chi connectivity index (χ3v) is 6.53. The Kier molecular flexibility index (Phi) is 7.31. The number of aliphatic imine (C=N–C) groups is 1. The fourth-order valence-electron chi connectivity index (χ4n) is 3.80. The van der Waals surface area contributed by atoms with E-state index in [9.17, 15) is 0 Å². The molecule has 0 aromatic carbocycles. The standard InChI is InChI=1S/C19H32N4O2S/c1-20-18(22-15-19(24-2)7-11-25-12-8-19)21-14-16(17-6-5-13-26-17)23-9-3-4-10-23/h5-6,13,16H,3-4,7-12,14-15H2,1-2H3,(H2,20,21,22). The van der Waals surface area contributed by atoms with Gasteiger partial charge in [-0.05, 0) is 37.4 Å². The highest BCUT2D eigenvalue weighted by Gasteiger charge is 2.32. The molecule has 0 amide bonds. The summed E-state index contributed by atoms with van der Waals surface area (Å²) in [4.78, 5) is 8.42. The number of thiophene rings is 1. The van der Waals surface area contributed by atoms with Crippen molar-refractivity contribution in [3.63, 3.8) is 0 Å². The maximum atomic E-state index is 5.81. The highest BCUT2D eigenvalue weighted by molar-refractivity contribution is 7.10. The van der Waals surface area contributed by atoms with E-state index in [1.54, 1.807) is 7.11 Å². The van der Waals surface area contributed by atoms with Crippen LogP contribution in [-0.2, 0) is 9.47 Å². The van der Waals surface area contributed by atoms with Crippen LogP contribution in [-0.4, -0.2) is 70.0 Å². The molecule has 1 unspecified atom stereocenters. The summed E-state index contributed by atoms with van der Waals surface area (Å²) in [6, 6.07) is 4.80. The number of hydrogen-bond donors (Lipinski definition) is 2. The predicted molar refractivity (Wildman–Crippen MR) is 107 cm³/mol. The molecule has 2 N–H and O–H groups in total. The van der Waals surface area contributed by atoms with Crippen LogP contribution in [0.1, 0.15) is 36.6 Å². The lowest BCUT2D eigenvalue weighted by atomic mass is 9.94. The van der Waals surface area contributed by atoms with Gasteiger partial charge in [0, 0.05) is 58.2 Å². The van der Waals surface area contributed by atoms with Gasteiger partial charge in [0.2, 0.25) is 0 Å². The van der Waals surface area contributed by atoms with Crippen molar-refractivity contribution in [1.29, 1.82) is 0 Å². The molecule has 1 atom stereocenters. The molecule has 2 fully saturated rings. The van der Waals surface area contributed by atoms with E-state index in [0.717, 1.165) is 45.1 Å². The lowest BCUT2D eigenvalue weighted by molar-refractivity contribution is -0.0855. The van der Waals surface area contributed by atoms with Crippen LogP contribution in [0, 0.1) is 0 Å². The molecule has 1 aromatic heterocycles. The summed E-state index contributed by atoms with van der Waals surface area (Å²) in [5, 5.41) is 9.16. The fraction of sp³-hybridized carbons (Fsp3) is 0.737. The molecule has 1 aromatic rings. The molecule has 2 aliphatic rings. The van der Waals surface area contributed by atoms with Crippen LogP contribution < -0.4 is 10.6 Å². The van der Waals surface area contributed by atoms with E-state index in [0.29, 0.717) is 6.04 Å². The van der Waals surface area contributed by atoms with Gasteiger partial charge in [0.1, 0.15) is 0 Å². The Morgan fingerprint density at radius 1 is 1.35 bits per heavy atom. The van der Waals surface area contributed by atoms with Crippen LogP contribution in [0.5, 0.6) is 0 Å². The molecule has 26 heavy (non-hydrogen) atoms. The van der Waals surface area contributed by atoms with Gasteiger partial charge in [-0.25, -0.2) is 0 Å². The number of likely N-dealkylation sites (tertiary alicyclic amines) is 1. The summed E-state index contributed by atoms with van der Waals surface area (Å²) in [7, 11) is 3.62. The summed E-state index contributed by atoms with van der Waals surface area (Å²) >= 11 is 1.84. The van der Waals surface area contributed by atoms with Crippen LogP contribution in [0.4, 0.5) is 0 Å². The Labute approximate surface area is 161 Å². The highest BCUT2D eigenvalue weighted by atomic mass is 32.1. The van der Waals surface area contributed by atoms with Gasteiger partial charge in [-0.2, -0.15) is 0 Å². The Bertz CT molecular complexity index is 552. The number of methoxy groups -OCH3 is 1. The molecular weight excluding hydrogens is 348 g/mol. The topological polar surface area (TPSA) is 58.1 Å². The summed E-state index contributed by atoms with van der Waals surface area (Å²) < 4.78 is 11.3. The molecule has 6 nitrogen and oxygen atoms in total. The average molecular weight is 381 g/mol. The Balaban J connectivity index is 1.55. The zero-order chi connectivity index (χ0) is 18.2. The van der Waals surface area contributed by atoms with E-state index < -0.39 is 0 Å². The molecule has 0 aliphatic carbocycles. The maximum Gasteiger partial charge on any atom is 0.191 e. The summed E-state index contributed by atoms with van der Waals surface area (Å²) in [6.45, 7) is 5.50. The van der Waals surface area contributed by atoms with Crippen molar-refractivity contribution in [2.24, 2.45) is 4.99 Å². The van der Waals surface area contributed by atoms with Crippen LogP contribution >= 0.6 is 11.3 Å². The normalized spacial score (nSPS) is 22.3. The van der Waals surface area contributed by atoms with Gasteiger partial charge in [0.05, 0.1) is 11.6 Å². The van der Waals surface area contributed by atoms with Gasteiger partial charge in [-0.3, -0.25) is 9.89 Å². The smallest absolute Gasteiger partial charge is 0.191 e. The monoisotopic (exact) mass is 380 g/mol. The Morgan fingerprint density at radius 3 is 2.73 bits per heavy atom. The third-order valence-electron chi connectivity index (χ3n) is 5.55. The number of hydrogen-bond acceptors (Lipinski definition) is 5. The first kappa shape index (κ1) is 19.6. The van der Waals surface area contributed by atoms with Crippen molar-refractivity contribution in [2.75, 3.05) is 53.6 Å². The largest absolute Gasteiger partial charge is 0.381 e. The second-order valence-electron chi connectivity index (χ2n) is 7.08. The number of guanidine groups is 1. The Hall–Kier alpha value is -1.15. The van der Waals surface area contributed by atoms with Gasteiger partial charge >= 0.3 is 0 Å². The molecule has 7 heteroatoms. The molecular formula is C19H32N4O2S. The summed E-state index contributed by atoms with van der Waals surface area (Å²) in [5.74, 6) is 0.841. The highest BCUT2D eigenvalue weighted by Crippen LogP contribution is 2.28. The van der Waals surface area contributed by atoms with Gasteiger partial charge in [-0.15, -0.1) is 11.3 Å². The van der Waals surface area contributed by atoms with Gasteiger partial charge in [0.25, 0.3) is 0 Å².